The van der Waals surface area contributed by atoms with Crippen LogP contribution >= 0.6 is 11.3 Å². The Bertz CT molecular complexity index is 3410. The topological polar surface area (TPSA) is 3.24 Å². The van der Waals surface area contributed by atoms with Gasteiger partial charge in [-0.2, -0.15) is 0 Å². The molecule has 0 atom stereocenters. The number of anilines is 3. The van der Waals surface area contributed by atoms with E-state index < -0.39 is 0 Å². The van der Waals surface area contributed by atoms with Crippen molar-refractivity contribution < 1.29 is 0 Å². The molecule has 12 rings (SSSR count). The maximum absolute atomic E-state index is 2.41. The molecule has 59 heavy (non-hydrogen) atoms. The second-order valence-electron chi connectivity index (χ2n) is 16.4. The van der Waals surface area contributed by atoms with Crippen LogP contribution in [0, 0.1) is 0 Å². The van der Waals surface area contributed by atoms with Gasteiger partial charge < -0.3 is 4.90 Å². The number of nitrogens with zero attached hydrogens (tertiary/aromatic N) is 1. The Hall–Kier alpha value is -7.00. The Morgan fingerprint density at radius 1 is 0.339 bits per heavy atom. The van der Waals surface area contributed by atoms with Crippen molar-refractivity contribution in [1.29, 1.82) is 0 Å². The second kappa shape index (κ2) is 13.0. The standard InChI is InChI=1S/C57H39NS/c1-57(2)52-22-11-10-19-50(52)54-53(57)34-33-49-48-21-12-20-42(55(48)59-56(49)54)38-25-29-40(30-26-38)58(39-27-23-37(24-28-39)36-13-4-3-5-14-36)41-31-32-47-45-17-7-6-15-43(45)44-16-8-9-18-46(44)51(47)35-41/h3-35H,1-2H3. The molecule has 2 heteroatoms. The van der Waals surface area contributed by atoms with Crippen molar-refractivity contribution in [1.82, 2.24) is 0 Å². The molecule has 1 nitrogen and oxygen atoms in total. The lowest BCUT2D eigenvalue weighted by atomic mass is 9.82. The summed E-state index contributed by atoms with van der Waals surface area (Å²) in [7, 11) is 0. The minimum atomic E-state index is -0.0192. The zero-order valence-corrected chi connectivity index (χ0v) is 33.7. The van der Waals surface area contributed by atoms with Crippen LogP contribution in [0.25, 0.3) is 85.9 Å². The molecular formula is C57H39NS. The van der Waals surface area contributed by atoms with Crippen LogP contribution in [-0.2, 0) is 5.41 Å². The number of fused-ring (bicyclic) bond motifs is 13. The first-order valence-corrected chi connectivity index (χ1v) is 21.3. The molecule has 0 unspecified atom stereocenters. The van der Waals surface area contributed by atoms with Crippen molar-refractivity contribution in [2.24, 2.45) is 0 Å². The molecule has 0 aliphatic heterocycles. The third-order valence-corrected chi connectivity index (χ3v) is 14.1. The van der Waals surface area contributed by atoms with E-state index in [1.165, 1.54) is 97.0 Å². The third kappa shape index (κ3) is 5.16. The fourth-order valence-electron chi connectivity index (χ4n) is 9.97. The van der Waals surface area contributed by atoms with E-state index in [0.29, 0.717) is 0 Å². The largest absolute Gasteiger partial charge is 0.310 e. The van der Waals surface area contributed by atoms with Gasteiger partial charge in [-0.05, 0) is 108 Å². The van der Waals surface area contributed by atoms with E-state index in [2.05, 4.69) is 219 Å². The number of thiophene rings is 1. The lowest BCUT2D eigenvalue weighted by molar-refractivity contribution is 0.661. The summed E-state index contributed by atoms with van der Waals surface area (Å²) in [5, 5.41) is 10.3. The Morgan fingerprint density at radius 2 is 0.831 bits per heavy atom. The summed E-state index contributed by atoms with van der Waals surface area (Å²) >= 11 is 1.95. The third-order valence-electron chi connectivity index (χ3n) is 12.9. The second-order valence-corrected chi connectivity index (χ2v) is 17.5. The Labute approximate surface area is 348 Å². The van der Waals surface area contributed by atoms with Gasteiger partial charge in [0, 0.05) is 48.2 Å². The van der Waals surface area contributed by atoms with Gasteiger partial charge in [-0.1, -0.05) is 178 Å². The highest BCUT2D eigenvalue weighted by Crippen LogP contribution is 2.54. The lowest BCUT2D eigenvalue weighted by Gasteiger charge is -2.27. The monoisotopic (exact) mass is 769 g/mol. The van der Waals surface area contributed by atoms with Crippen molar-refractivity contribution in [3.05, 3.63) is 211 Å². The summed E-state index contributed by atoms with van der Waals surface area (Å²) in [6, 6.07) is 74.0. The van der Waals surface area contributed by atoms with Crippen molar-refractivity contribution in [3.63, 3.8) is 0 Å². The summed E-state index contributed by atoms with van der Waals surface area (Å²) < 4.78 is 2.73. The quantitative estimate of drug-likeness (QED) is 0.158. The molecule has 1 heterocycles. The molecule has 1 aromatic heterocycles. The molecule has 0 radical (unpaired) electrons. The predicted molar refractivity (Wildman–Crippen MR) is 255 cm³/mol. The highest BCUT2D eigenvalue weighted by molar-refractivity contribution is 7.27. The van der Waals surface area contributed by atoms with Gasteiger partial charge in [-0.25, -0.2) is 0 Å². The van der Waals surface area contributed by atoms with Gasteiger partial charge in [0.05, 0.1) is 0 Å². The van der Waals surface area contributed by atoms with Crippen molar-refractivity contribution in [2.45, 2.75) is 19.3 Å². The molecule has 0 bridgehead atoms. The van der Waals surface area contributed by atoms with Gasteiger partial charge in [-0.15, -0.1) is 11.3 Å². The average Bonchev–Trinajstić information content (AvgIpc) is 3.79. The van der Waals surface area contributed by atoms with Crippen LogP contribution in [0.1, 0.15) is 25.0 Å². The molecule has 1 aliphatic rings. The van der Waals surface area contributed by atoms with Gasteiger partial charge >= 0.3 is 0 Å². The first-order valence-electron chi connectivity index (χ1n) is 20.5. The van der Waals surface area contributed by atoms with E-state index in [1.54, 1.807) is 0 Å². The van der Waals surface area contributed by atoms with Crippen molar-refractivity contribution in [2.75, 3.05) is 4.90 Å². The maximum Gasteiger partial charge on any atom is 0.0468 e. The summed E-state index contributed by atoms with van der Waals surface area (Å²) in [6.07, 6.45) is 0. The van der Waals surface area contributed by atoms with Crippen molar-refractivity contribution in [3.8, 4) is 33.4 Å². The molecule has 0 saturated heterocycles. The normalized spacial score (nSPS) is 13.1. The molecule has 1 aliphatic carbocycles. The smallest absolute Gasteiger partial charge is 0.0468 e. The molecule has 278 valence electrons. The minimum absolute atomic E-state index is 0.0192. The predicted octanol–water partition coefficient (Wildman–Crippen LogP) is 16.6. The molecule has 0 saturated carbocycles. The molecule has 0 fully saturated rings. The van der Waals surface area contributed by atoms with Gasteiger partial charge in [0.15, 0.2) is 0 Å². The van der Waals surface area contributed by atoms with Gasteiger partial charge in [0.2, 0.25) is 0 Å². The Balaban J connectivity index is 1.01. The number of rotatable bonds is 5. The van der Waals surface area contributed by atoms with Gasteiger partial charge in [-0.3, -0.25) is 0 Å². The average molecular weight is 770 g/mol. The highest BCUT2D eigenvalue weighted by atomic mass is 32.1. The van der Waals surface area contributed by atoms with Crippen LogP contribution in [-0.4, -0.2) is 0 Å². The summed E-state index contributed by atoms with van der Waals surface area (Å²) in [4.78, 5) is 2.41. The van der Waals surface area contributed by atoms with Crippen LogP contribution in [0.15, 0.2) is 200 Å². The summed E-state index contributed by atoms with van der Waals surface area (Å²) in [6.45, 7) is 4.74. The van der Waals surface area contributed by atoms with E-state index in [1.807, 2.05) is 11.3 Å². The van der Waals surface area contributed by atoms with E-state index in [-0.39, 0.29) is 5.41 Å². The number of benzene rings is 10. The molecule has 11 aromatic rings. The van der Waals surface area contributed by atoms with Gasteiger partial charge in [0.25, 0.3) is 0 Å². The van der Waals surface area contributed by atoms with E-state index in [0.717, 1.165) is 17.1 Å². The molecule has 0 N–H and O–H groups in total. The van der Waals surface area contributed by atoms with E-state index in [9.17, 15) is 0 Å². The first kappa shape index (κ1) is 34.1. The fourth-order valence-corrected chi connectivity index (χ4v) is 11.4. The Kier molecular flexibility index (Phi) is 7.51. The zero-order chi connectivity index (χ0) is 39.2. The van der Waals surface area contributed by atoms with Crippen LogP contribution in [0.4, 0.5) is 17.1 Å². The first-order chi connectivity index (χ1) is 29.0. The Morgan fingerprint density at radius 3 is 1.53 bits per heavy atom. The molecule has 0 spiro atoms. The van der Waals surface area contributed by atoms with Crippen LogP contribution in [0.5, 0.6) is 0 Å². The zero-order valence-electron chi connectivity index (χ0n) is 32.9. The molecule has 10 aromatic carbocycles. The van der Waals surface area contributed by atoms with Crippen LogP contribution in [0.3, 0.4) is 0 Å². The fraction of sp³-hybridized carbons (Fsp3) is 0.0526. The molecular weight excluding hydrogens is 731 g/mol. The van der Waals surface area contributed by atoms with E-state index in [4.69, 9.17) is 0 Å². The van der Waals surface area contributed by atoms with Crippen LogP contribution < -0.4 is 4.90 Å². The highest BCUT2D eigenvalue weighted by Gasteiger charge is 2.36. The summed E-state index contributed by atoms with van der Waals surface area (Å²) in [5.41, 5.74) is 13.9. The van der Waals surface area contributed by atoms with Gasteiger partial charge in [0.1, 0.15) is 0 Å². The van der Waals surface area contributed by atoms with Crippen molar-refractivity contribution >= 4 is 80.9 Å². The number of hydrogen-bond acceptors (Lipinski definition) is 2. The number of hydrogen-bond donors (Lipinski definition) is 0. The minimum Gasteiger partial charge on any atom is -0.310 e. The lowest BCUT2D eigenvalue weighted by Crippen LogP contribution is -2.14. The maximum atomic E-state index is 2.41. The van der Waals surface area contributed by atoms with E-state index >= 15 is 0 Å². The molecule has 0 amide bonds. The van der Waals surface area contributed by atoms with Crippen LogP contribution in [0.2, 0.25) is 0 Å². The summed E-state index contributed by atoms with van der Waals surface area (Å²) in [5.74, 6) is 0. The SMILES string of the molecule is CC1(C)c2ccccc2-c2c1ccc1c2sc2c(-c3ccc(N(c4ccc(-c5ccccc5)cc4)c4ccc5c6ccccc6c6ccccc6c5c4)cc3)cccc21.